The normalized spacial score (nSPS) is 16.4. The molecule has 2 aromatic heterocycles. The molecule has 0 radical (unpaired) electrons. The molecule has 1 N–H and O–H groups in total. The molecule has 5 rings (SSSR count). The van der Waals surface area contributed by atoms with Crippen LogP contribution in [0.15, 0.2) is 53.9 Å². The van der Waals surface area contributed by atoms with Crippen molar-refractivity contribution in [2.75, 3.05) is 26.9 Å². The van der Waals surface area contributed by atoms with Gasteiger partial charge in [-0.1, -0.05) is 25.1 Å². The summed E-state index contributed by atoms with van der Waals surface area (Å²) in [5.41, 5.74) is 6.52. The van der Waals surface area contributed by atoms with Gasteiger partial charge in [0.1, 0.15) is 17.9 Å². The largest absolute Gasteiger partial charge is 0.488 e. The predicted octanol–water partition coefficient (Wildman–Crippen LogP) is 5.76. The van der Waals surface area contributed by atoms with Crippen molar-refractivity contribution in [1.82, 2.24) is 19.7 Å². The highest BCUT2D eigenvalue weighted by Gasteiger charge is 2.32. The van der Waals surface area contributed by atoms with E-state index in [1.807, 2.05) is 49.1 Å². The number of carbonyl (C=O) groups is 2. The molecule has 10 heteroatoms. The maximum Gasteiger partial charge on any atom is 0.342 e. The lowest BCUT2D eigenvalue weighted by atomic mass is 9.90. The molecule has 44 heavy (non-hydrogen) atoms. The number of aromatic carboxylic acids is 1. The van der Waals surface area contributed by atoms with E-state index in [0.717, 1.165) is 71.4 Å². The van der Waals surface area contributed by atoms with Gasteiger partial charge in [0.15, 0.2) is 5.82 Å². The van der Waals surface area contributed by atoms with E-state index in [9.17, 15) is 14.7 Å². The van der Waals surface area contributed by atoms with Gasteiger partial charge in [0.2, 0.25) is 5.88 Å². The lowest BCUT2D eigenvalue weighted by Crippen LogP contribution is -2.47. The molecule has 0 aliphatic carbocycles. The van der Waals surface area contributed by atoms with Gasteiger partial charge < -0.3 is 24.2 Å². The number of aromatic nitrogens is 3. The Labute approximate surface area is 257 Å². The summed E-state index contributed by atoms with van der Waals surface area (Å²) in [4.78, 5) is 31.9. The Kier molecular flexibility index (Phi) is 9.49. The minimum Gasteiger partial charge on any atom is -0.488 e. The van der Waals surface area contributed by atoms with Crippen LogP contribution in [-0.2, 0) is 22.5 Å². The zero-order chi connectivity index (χ0) is 31.4. The maximum absolute atomic E-state index is 13.5. The number of nitrogens with zero attached hydrogens (tertiary/aromatic N) is 4. The van der Waals surface area contributed by atoms with Crippen LogP contribution >= 0.6 is 0 Å². The molecule has 1 fully saturated rings. The first-order valence-electron chi connectivity index (χ1n) is 15.1. The molecular weight excluding hydrogens is 560 g/mol. The van der Waals surface area contributed by atoms with E-state index in [0.29, 0.717) is 31.3 Å². The van der Waals surface area contributed by atoms with Crippen LogP contribution < -0.4 is 4.74 Å². The summed E-state index contributed by atoms with van der Waals surface area (Å²) in [6, 6.07) is 9.69. The Morgan fingerprint density at radius 2 is 1.98 bits per heavy atom. The average molecular weight is 601 g/mol. The molecule has 1 aromatic carbocycles. The van der Waals surface area contributed by atoms with Crippen LogP contribution in [0.25, 0.3) is 11.4 Å². The fraction of sp³-hybridized carbons (Fsp3) is 0.412. The average Bonchev–Trinajstić information content (AvgIpc) is 3.49. The number of amides is 1. The van der Waals surface area contributed by atoms with E-state index < -0.39 is 5.97 Å². The number of carboxylic acids is 1. The van der Waals surface area contributed by atoms with Gasteiger partial charge in [-0.3, -0.25) is 4.79 Å². The first-order chi connectivity index (χ1) is 21.3. The summed E-state index contributed by atoms with van der Waals surface area (Å²) in [5.74, 6) is 0.233. The third-order valence-corrected chi connectivity index (χ3v) is 8.64. The molecule has 0 atom stereocenters. The Hall–Kier alpha value is -4.44. The van der Waals surface area contributed by atoms with Crippen LogP contribution in [0, 0.1) is 6.92 Å². The Bertz CT molecular complexity index is 1620. The van der Waals surface area contributed by atoms with Gasteiger partial charge in [0.05, 0.1) is 19.0 Å². The van der Waals surface area contributed by atoms with Crippen molar-refractivity contribution >= 4 is 17.4 Å². The molecule has 0 spiro atoms. The van der Waals surface area contributed by atoms with Gasteiger partial charge in [-0.15, -0.1) is 0 Å². The van der Waals surface area contributed by atoms with Crippen LogP contribution in [0.3, 0.4) is 0 Å². The fourth-order valence-corrected chi connectivity index (χ4v) is 5.99. The first kappa shape index (κ1) is 31.0. The highest BCUT2D eigenvalue weighted by Crippen LogP contribution is 2.32. The van der Waals surface area contributed by atoms with E-state index in [2.05, 4.69) is 18.9 Å². The molecule has 2 aliphatic heterocycles. The van der Waals surface area contributed by atoms with Crippen molar-refractivity contribution in [2.45, 2.75) is 66.0 Å². The van der Waals surface area contributed by atoms with Crippen molar-refractivity contribution in [2.24, 2.45) is 0 Å². The van der Waals surface area contributed by atoms with Crippen molar-refractivity contribution in [3.05, 3.63) is 87.4 Å². The molecule has 10 nitrogen and oxygen atoms in total. The van der Waals surface area contributed by atoms with E-state index in [-0.39, 0.29) is 23.4 Å². The van der Waals surface area contributed by atoms with Gasteiger partial charge in [0.25, 0.3) is 5.91 Å². The first-order valence-corrected chi connectivity index (χ1v) is 15.1. The molecule has 0 unspecified atom stereocenters. The van der Waals surface area contributed by atoms with E-state index >= 15 is 0 Å². The zero-order valence-electron chi connectivity index (χ0n) is 26.1. The van der Waals surface area contributed by atoms with E-state index in [4.69, 9.17) is 19.2 Å². The summed E-state index contributed by atoms with van der Waals surface area (Å²) in [7, 11) is 1.40. The Morgan fingerprint density at radius 1 is 1.20 bits per heavy atom. The summed E-state index contributed by atoms with van der Waals surface area (Å²) in [6.45, 7) is 10.6. The molecule has 1 amide bonds. The van der Waals surface area contributed by atoms with Crippen molar-refractivity contribution in [3.63, 3.8) is 0 Å². The number of ether oxygens (including phenoxy) is 3. The third kappa shape index (κ3) is 5.99. The zero-order valence-corrected chi connectivity index (χ0v) is 26.1. The highest BCUT2D eigenvalue weighted by molar-refractivity contribution is 5.97. The van der Waals surface area contributed by atoms with Gasteiger partial charge in [-0.05, 0) is 86.9 Å². The van der Waals surface area contributed by atoms with Gasteiger partial charge >= 0.3 is 5.97 Å². The molecule has 1 saturated heterocycles. The summed E-state index contributed by atoms with van der Waals surface area (Å²) in [5, 5.41) is 13.7. The number of carbonyl (C=O) groups excluding carboxylic acids is 1. The minimum absolute atomic E-state index is 0.0462. The smallest absolute Gasteiger partial charge is 0.342 e. The van der Waals surface area contributed by atoms with E-state index in [1.54, 1.807) is 6.07 Å². The van der Waals surface area contributed by atoms with Crippen LogP contribution in [0.1, 0.15) is 83.1 Å². The lowest BCUT2D eigenvalue weighted by Gasteiger charge is -2.38. The number of hydrogen-bond acceptors (Lipinski definition) is 7. The fourth-order valence-electron chi connectivity index (χ4n) is 5.99. The molecule has 4 heterocycles. The monoisotopic (exact) mass is 600 g/mol. The Balaban J connectivity index is 1.39. The number of methoxy groups -OCH3 is 1. The maximum atomic E-state index is 13.5. The topological polar surface area (TPSA) is 116 Å². The molecular formula is C34H40N4O6. The number of carboxylic acid groups (broad SMARTS) is 1. The molecule has 0 saturated carbocycles. The van der Waals surface area contributed by atoms with Gasteiger partial charge in [-0.2, -0.15) is 9.78 Å². The molecule has 2 aliphatic rings. The molecule has 232 valence electrons. The standard InChI is InChI=1S/C34H40N4O6/c1-6-21(3)31(25(7-2)29-9-8-10-30(36-29)38-33(42-5)28(19-35-38)34(40)41)44-20-23-11-12-27-26(22(23)4)13-16-37(32(27)39)24-14-17-43-18-15-24/h7-12,19,24H,6,13-18,20H2,1-5H3,(H,40,41)/b25-7-,31-21+. The second-order valence-electron chi connectivity index (χ2n) is 11.1. The van der Waals surface area contributed by atoms with Crippen LogP contribution in [-0.4, -0.2) is 69.6 Å². The summed E-state index contributed by atoms with van der Waals surface area (Å²) in [6.07, 6.45) is 6.60. The van der Waals surface area contributed by atoms with Crippen LogP contribution in [0.5, 0.6) is 5.88 Å². The van der Waals surface area contributed by atoms with Crippen molar-refractivity contribution in [1.29, 1.82) is 0 Å². The second-order valence-corrected chi connectivity index (χ2v) is 11.1. The molecule has 0 bridgehead atoms. The number of hydrogen-bond donors (Lipinski definition) is 1. The second kappa shape index (κ2) is 13.5. The van der Waals surface area contributed by atoms with Gasteiger partial charge in [-0.25, -0.2) is 9.78 Å². The number of pyridine rings is 1. The quantitative estimate of drug-likeness (QED) is 0.231. The van der Waals surface area contributed by atoms with Crippen LogP contribution in [0.4, 0.5) is 0 Å². The number of rotatable bonds is 10. The SMILES string of the molecule is C/C=C(\C(OCc1ccc2c(c1C)CCN(C1CCOCC1)C2=O)=C(\C)CC)c1cccc(-n2ncc(C(=O)O)c2OC)n1. The molecule has 3 aromatic rings. The number of fused-ring (bicyclic) bond motifs is 1. The van der Waals surface area contributed by atoms with Crippen molar-refractivity contribution in [3.8, 4) is 11.7 Å². The lowest BCUT2D eigenvalue weighted by molar-refractivity contribution is 0.0276. The van der Waals surface area contributed by atoms with Crippen molar-refractivity contribution < 1.29 is 28.9 Å². The minimum atomic E-state index is -1.13. The van der Waals surface area contributed by atoms with Gasteiger partial charge in [0, 0.05) is 36.9 Å². The Morgan fingerprint density at radius 3 is 2.66 bits per heavy atom. The number of benzene rings is 1. The number of allylic oxidation sites excluding steroid dienone is 3. The predicted molar refractivity (Wildman–Crippen MR) is 166 cm³/mol. The third-order valence-electron chi connectivity index (χ3n) is 8.64. The highest BCUT2D eigenvalue weighted by atomic mass is 16.5. The van der Waals surface area contributed by atoms with Crippen LogP contribution in [0.2, 0.25) is 0 Å². The van der Waals surface area contributed by atoms with E-state index in [1.165, 1.54) is 18.0 Å². The summed E-state index contributed by atoms with van der Waals surface area (Å²) >= 11 is 0. The summed E-state index contributed by atoms with van der Waals surface area (Å²) < 4.78 is 18.8.